The first-order valence-corrected chi connectivity index (χ1v) is 11.6. The topological polar surface area (TPSA) is 75.4 Å². The van der Waals surface area contributed by atoms with Crippen molar-refractivity contribution < 1.29 is 14.7 Å². The minimum absolute atomic E-state index is 0.172. The van der Waals surface area contributed by atoms with Gasteiger partial charge in [0.05, 0.1) is 11.0 Å². The molecule has 0 atom stereocenters. The van der Waals surface area contributed by atoms with Gasteiger partial charge in [-0.15, -0.1) is 0 Å². The number of carboxylic acid groups (broad SMARTS) is 1. The second kappa shape index (κ2) is 10.2. The number of fused-ring (bicyclic) bond motifs is 1. The van der Waals surface area contributed by atoms with E-state index in [0.29, 0.717) is 17.5 Å². The molecule has 0 radical (unpaired) electrons. The van der Waals surface area contributed by atoms with Crippen molar-refractivity contribution in [2.75, 3.05) is 6.54 Å². The summed E-state index contributed by atoms with van der Waals surface area (Å²) in [5.41, 5.74) is 2.70. The highest BCUT2D eigenvalue weighted by Gasteiger charge is 2.24. The minimum atomic E-state index is -1.04. The number of aliphatic carboxylic acids is 1. The Balaban J connectivity index is 1.55. The minimum Gasteiger partial charge on any atom is -0.480 e. The summed E-state index contributed by atoms with van der Waals surface area (Å²) in [6.07, 6.45) is 6.12. The van der Waals surface area contributed by atoms with Crippen LogP contribution in [-0.2, 0) is 22.7 Å². The van der Waals surface area contributed by atoms with Crippen molar-refractivity contribution in [2.24, 2.45) is 0 Å². The fourth-order valence-electron chi connectivity index (χ4n) is 4.59. The van der Waals surface area contributed by atoms with Crippen LogP contribution >= 0.6 is 11.6 Å². The molecule has 168 valence electrons. The second-order valence-corrected chi connectivity index (χ2v) is 8.84. The Morgan fingerprint density at radius 3 is 2.53 bits per heavy atom. The zero-order chi connectivity index (χ0) is 22.5. The lowest BCUT2D eigenvalue weighted by Gasteiger charge is -2.24. The number of benzene rings is 2. The summed E-state index contributed by atoms with van der Waals surface area (Å²) < 4.78 is 2.16. The van der Waals surface area contributed by atoms with Gasteiger partial charge in [0, 0.05) is 30.5 Å². The molecule has 1 N–H and O–H groups in total. The molecule has 7 heteroatoms. The van der Waals surface area contributed by atoms with E-state index in [1.54, 1.807) is 6.07 Å². The van der Waals surface area contributed by atoms with Gasteiger partial charge in [-0.1, -0.05) is 61.2 Å². The van der Waals surface area contributed by atoms with Gasteiger partial charge in [0.25, 0.3) is 0 Å². The maximum absolute atomic E-state index is 13.1. The third-order valence-electron chi connectivity index (χ3n) is 6.20. The van der Waals surface area contributed by atoms with Crippen LogP contribution in [0.3, 0.4) is 0 Å². The van der Waals surface area contributed by atoms with E-state index in [1.165, 1.54) is 24.2 Å². The number of para-hydroxylation sites is 2. The maximum Gasteiger partial charge on any atom is 0.323 e. The zero-order valence-electron chi connectivity index (χ0n) is 18.0. The molecule has 1 aromatic heterocycles. The summed E-state index contributed by atoms with van der Waals surface area (Å²) in [5, 5.41) is 9.87. The summed E-state index contributed by atoms with van der Waals surface area (Å²) >= 11 is 6.24. The van der Waals surface area contributed by atoms with E-state index < -0.39 is 5.97 Å². The molecule has 1 amide bonds. The van der Waals surface area contributed by atoms with Crippen LogP contribution in [0.15, 0.2) is 48.5 Å². The fourth-order valence-corrected chi connectivity index (χ4v) is 4.79. The molecule has 32 heavy (non-hydrogen) atoms. The quantitative estimate of drug-likeness (QED) is 0.506. The fraction of sp³-hybridized carbons (Fsp3) is 0.400. The second-order valence-electron chi connectivity index (χ2n) is 8.43. The molecule has 1 fully saturated rings. The van der Waals surface area contributed by atoms with E-state index >= 15 is 0 Å². The third kappa shape index (κ3) is 5.13. The van der Waals surface area contributed by atoms with Crippen molar-refractivity contribution in [2.45, 2.75) is 57.5 Å². The first-order valence-electron chi connectivity index (χ1n) is 11.2. The standard InChI is InChI=1S/C25H28ClN3O3/c26-20-11-5-4-10-19(20)16-28(17-24(31)32)23(30)14-15-29-22-13-7-6-12-21(22)27-25(29)18-8-2-1-3-9-18/h4-7,10-13,18H,1-3,8-9,14-17H2,(H,31,32). The van der Waals surface area contributed by atoms with Gasteiger partial charge < -0.3 is 14.6 Å². The largest absolute Gasteiger partial charge is 0.480 e. The van der Waals surface area contributed by atoms with Crippen LogP contribution < -0.4 is 0 Å². The van der Waals surface area contributed by atoms with E-state index in [9.17, 15) is 14.7 Å². The van der Waals surface area contributed by atoms with Crippen LogP contribution in [0.2, 0.25) is 5.02 Å². The summed E-state index contributed by atoms with van der Waals surface area (Å²) in [6.45, 7) is 0.291. The monoisotopic (exact) mass is 453 g/mol. The normalized spacial score (nSPS) is 14.5. The Morgan fingerprint density at radius 1 is 1.06 bits per heavy atom. The summed E-state index contributed by atoms with van der Waals surface area (Å²) in [5.74, 6) is 0.208. The SMILES string of the molecule is O=C(O)CN(Cc1ccccc1Cl)C(=O)CCn1c(C2CCCCC2)nc2ccccc21. The van der Waals surface area contributed by atoms with Crippen LogP contribution in [0.4, 0.5) is 0 Å². The van der Waals surface area contributed by atoms with Gasteiger partial charge in [0.15, 0.2) is 0 Å². The number of amides is 1. The molecule has 0 bridgehead atoms. The summed E-state index contributed by atoms with van der Waals surface area (Å²) in [7, 11) is 0. The first kappa shape index (κ1) is 22.3. The lowest BCUT2D eigenvalue weighted by Crippen LogP contribution is -2.35. The Kier molecular flexibility index (Phi) is 7.10. The molecule has 1 saturated carbocycles. The molecule has 2 aromatic carbocycles. The molecule has 3 aromatic rings. The number of carboxylic acids is 1. The molecule has 0 unspecified atom stereocenters. The van der Waals surface area contributed by atoms with Crippen molar-refractivity contribution in [1.82, 2.24) is 14.5 Å². The molecule has 6 nitrogen and oxygen atoms in total. The molecular formula is C25H28ClN3O3. The van der Waals surface area contributed by atoms with E-state index in [-0.39, 0.29) is 25.4 Å². The Hall–Kier alpha value is -2.86. The van der Waals surface area contributed by atoms with Crippen molar-refractivity contribution in [3.05, 3.63) is 64.9 Å². The predicted molar refractivity (Wildman–Crippen MR) is 125 cm³/mol. The number of aryl methyl sites for hydroxylation is 1. The van der Waals surface area contributed by atoms with Crippen molar-refractivity contribution in [3.63, 3.8) is 0 Å². The van der Waals surface area contributed by atoms with Gasteiger partial charge in [-0.2, -0.15) is 0 Å². The number of carbonyl (C=O) groups excluding carboxylic acids is 1. The highest BCUT2D eigenvalue weighted by atomic mass is 35.5. The number of hydrogen-bond acceptors (Lipinski definition) is 3. The van der Waals surface area contributed by atoms with E-state index in [4.69, 9.17) is 16.6 Å². The van der Waals surface area contributed by atoms with Crippen molar-refractivity contribution in [3.8, 4) is 0 Å². The number of halogens is 1. The van der Waals surface area contributed by atoms with Gasteiger partial charge >= 0.3 is 5.97 Å². The van der Waals surface area contributed by atoms with Gasteiger partial charge in [0.2, 0.25) is 5.91 Å². The molecular weight excluding hydrogens is 426 g/mol. The molecule has 0 aliphatic heterocycles. The number of rotatable bonds is 8. The summed E-state index contributed by atoms with van der Waals surface area (Å²) in [4.78, 5) is 30.8. The van der Waals surface area contributed by atoms with E-state index in [1.807, 2.05) is 42.5 Å². The third-order valence-corrected chi connectivity index (χ3v) is 6.57. The average Bonchev–Trinajstić information content (AvgIpc) is 3.17. The number of hydrogen-bond donors (Lipinski definition) is 1. The predicted octanol–water partition coefficient (Wildman–Crippen LogP) is 5.24. The zero-order valence-corrected chi connectivity index (χ0v) is 18.8. The maximum atomic E-state index is 13.1. The van der Waals surface area contributed by atoms with Crippen LogP contribution in [0, 0.1) is 0 Å². The van der Waals surface area contributed by atoms with Gasteiger partial charge in [0.1, 0.15) is 12.4 Å². The first-order chi connectivity index (χ1) is 15.5. The van der Waals surface area contributed by atoms with Crippen molar-refractivity contribution in [1.29, 1.82) is 0 Å². The Bertz CT molecular complexity index is 1100. The average molecular weight is 454 g/mol. The molecule has 1 aliphatic carbocycles. The number of nitrogens with zero attached hydrogens (tertiary/aromatic N) is 3. The van der Waals surface area contributed by atoms with Crippen molar-refractivity contribution >= 4 is 34.5 Å². The lowest BCUT2D eigenvalue weighted by atomic mass is 9.88. The van der Waals surface area contributed by atoms with Gasteiger partial charge in [-0.05, 0) is 36.6 Å². The highest BCUT2D eigenvalue weighted by Crippen LogP contribution is 2.34. The molecule has 1 heterocycles. The molecule has 0 spiro atoms. The van der Waals surface area contributed by atoms with Crippen LogP contribution in [0.25, 0.3) is 11.0 Å². The number of aromatic nitrogens is 2. The van der Waals surface area contributed by atoms with Gasteiger partial charge in [-0.3, -0.25) is 9.59 Å². The Morgan fingerprint density at radius 2 is 1.78 bits per heavy atom. The number of imidazole rings is 1. The summed E-state index contributed by atoms with van der Waals surface area (Å²) in [6, 6.07) is 15.2. The highest BCUT2D eigenvalue weighted by molar-refractivity contribution is 6.31. The lowest BCUT2D eigenvalue weighted by molar-refractivity contribution is -0.145. The molecule has 4 rings (SSSR count). The molecule has 1 aliphatic rings. The van der Waals surface area contributed by atoms with Crippen LogP contribution in [0.1, 0.15) is 55.8 Å². The van der Waals surface area contributed by atoms with Crippen LogP contribution in [0.5, 0.6) is 0 Å². The van der Waals surface area contributed by atoms with E-state index in [2.05, 4.69) is 4.57 Å². The van der Waals surface area contributed by atoms with E-state index in [0.717, 1.165) is 35.3 Å². The number of carbonyl (C=O) groups is 2. The smallest absolute Gasteiger partial charge is 0.323 e. The van der Waals surface area contributed by atoms with Gasteiger partial charge in [-0.25, -0.2) is 4.98 Å². The Labute approximate surface area is 192 Å². The molecule has 0 saturated heterocycles. The van der Waals surface area contributed by atoms with Crippen LogP contribution in [-0.4, -0.2) is 38.0 Å².